The predicted molar refractivity (Wildman–Crippen MR) is 97.4 cm³/mol. The molecule has 1 aromatic carbocycles. The first-order valence-corrected chi connectivity index (χ1v) is 8.95. The Hall–Kier alpha value is -2.67. The fraction of sp³-hybridized carbons (Fsp3) is 0.421. The van der Waals surface area contributed by atoms with Crippen LogP contribution in [-0.4, -0.2) is 42.5 Å². The third-order valence-electron chi connectivity index (χ3n) is 5.07. The van der Waals surface area contributed by atoms with Gasteiger partial charge in [0.25, 0.3) is 0 Å². The third-order valence-corrected chi connectivity index (χ3v) is 5.07. The molecule has 1 unspecified atom stereocenters. The van der Waals surface area contributed by atoms with Gasteiger partial charge in [0.05, 0.1) is 29.5 Å². The van der Waals surface area contributed by atoms with Crippen LogP contribution >= 0.6 is 0 Å². The molecule has 7 heteroatoms. The molecule has 0 spiro atoms. The fourth-order valence-corrected chi connectivity index (χ4v) is 3.80. The smallest absolute Gasteiger partial charge is 0.240 e. The van der Waals surface area contributed by atoms with E-state index in [2.05, 4.69) is 15.4 Å². The van der Waals surface area contributed by atoms with Crippen molar-refractivity contribution < 1.29 is 9.90 Å². The lowest BCUT2D eigenvalue weighted by Crippen LogP contribution is -2.41. The molecule has 0 aliphatic heterocycles. The van der Waals surface area contributed by atoms with Crippen LogP contribution in [0.2, 0.25) is 0 Å². The van der Waals surface area contributed by atoms with Gasteiger partial charge < -0.3 is 15.0 Å². The Morgan fingerprint density at radius 3 is 3.08 bits per heavy atom. The van der Waals surface area contributed by atoms with E-state index < -0.39 is 6.10 Å². The second kappa shape index (κ2) is 6.92. The molecule has 3 aromatic rings. The molecule has 3 atom stereocenters. The van der Waals surface area contributed by atoms with Gasteiger partial charge in [0.15, 0.2) is 0 Å². The van der Waals surface area contributed by atoms with E-state index in [4.69, 9.17) is 0 Å². The maximum atomic E-state index is 12.5. The number of nitrogens with one attached hydrogen (secondary N) is 1. The number of aromatic nitrogens is 4. The lowest BCUT2D eigenvalue weighted by atomic mass is 10.1. The molecule has 1 amide bonds. The van der Waals surface area contributed by atoms with Gasteiger partial charge in [0.1, 0.15) is 6.54 Å². The quantitative estimate of drug-likeness (QED) is 0.728. The minimum atomic E-state index is -0.513. The molecule has 1 fully saturated rings. The summed E-state index contributed by atoms with van der Waals surface area (Å²) in [6, 6.07) is 7.68. The van der Waals surface area contributed by atoms with Crippen molar-refractivity contribution in [1.82, 2.24) is 24.6 Å². The monoisotopic (exact) mass is 353 g/mol. The Kier molecular flexibility index (Phi) is 4.46. The normalized spacial score (nSPS) is 22.8. The molecule has 1 aliphatic carbocycles. The Bertz CT molecular complexity index is 902. The highest BCUT2D eigenvalue weighted by Crippen LogP contribution is 2.27. The number of hydrogen-bond acceptors (Lipinski definition) is 4. The highest BCUT2D eigenvalue weighted by atomic mass is 16.3. The van der Waals surface area contributed by atoms with Gasteiger partial charge in [-0.3, -0.25) is 9.48 Å². The van der Waals surface area contributed by atoms with Gasteiger partial charge in [-0.15, -0.1) is 0 Å². The largest absolute Gasteiger partial charge is 0.391 e. The highest BCUT2D eigenvalue weighted by Gasteiger charge is 2.34. The number of fused-ring (bicyclic) bond motifs is 1. The standard InChI is InChI=1S/C19H23N5O2/c1-13-3-4-15-17(7-13)23(12-20-15)11-19(26)22-16-8-14(9-18(16)25)10-24-6-2-5-21-24/h2-7,12,14,16,18,25H,8-11H2,1H3,(H,22,26)/t14?,16-,18-/m1/s1. The van der Waals surface area contributed by atoms with Crippen LogP contribution in [0.3, 0.4) is 0 Å². The first-order valence-electron chi connectivity index (χ1n) is 8.95. The molecular weight excluding hydrogens is 330 g/mol. The van der Waals surface area contributed by atoms with Crippen LogP contribution in [0.15, 0.2) is 43.0 Å². The lowest BCUT2D eigenvalue weighted by Gasteiger charge is -2.17. The summed E-state index contributed by atoms with van der Waals surface area (Å²) in [5.41, 5.74) is 2.96. The molecule has 7 nitrogen and oxygen atoms in total. The van der Waals surface area contributed by atoms with E-state index in [0.29, 0.717) is 12.3 Å². The number of imidazole rings is 1. The SMILES string of the molecule is Cc1ccc2ncn(CC(=O)N[C@@H]3CC(Cn4cccn4)C[C@H]3O)c2c1. The van der Waals surface area contributed by atoms with E-state index in [1.165, 1.54) is 0 Å². The Labute approximate surface area is 151 Å². The molecular formula is C19H23N5O2. The number of aliphatic hydroxyl groups is 1. The predicted octanol–water partition coefficient (Wildman–Crippen LogP) is 1.50. The van der Waals surface area contributed by atoms with Crippen LogP contribution in [0.25, 0.3) is 11.0 Å². The molecule has 0 radical (unpaired) electrons. The van der Waals surface area contributed by atoms with E-state index in [1.807, 2.05) is 46.6 Å². The number of benzene rings is 1. The van der Waals surface area contributed by atoms with E-state index >= 15 is 0 Å². The molecule has 1 aliphatic rings. The summed E-state index contributed by atoms with van der Waals surface area (Å²) in [6.45, 7) is 2.99. The number of amides is 1. The Morgan fingerprint density at radius 1 is 1.38 bits per heavy atom. The Morgan fingerprint density at radius 2 is 2.27 bits per heavy atom. The molecule has 2 N–H and O–H groups in total. The molecule has 0 saturated heterocycles. The summed E-state index contributed by atoms with van der Waals surface area (Å²) in [6.07, 6.45) is 6.29. The van der Waals surface area contributed by atoms with Crippen LogP contribution < -0.4 is 5.32 Å². The highest BCUT2D eigenvalue weighted by molar-refractivity contribution is 5.81. The lowest BCUT2D eigenvalue weighted by molar-refractivity contribution is -0.122. The zero-order valence-electron chi connectivity index (χ0n) is 14.7. The van der Waals surface area contributed by atoms with Crippen molar-refractivity contribution in [2.45, 2.75) is 45.0 Å². The van der Waals surface area contributed by atoms with Crippen LogP contribution in [-0.2, 0) is 17.9 Å². The second-order valence-corrected chi connectivity index (χ2v) is 7.17. The molecule has 1 saturated carbocycles. The van der Waals surface area contributed by atoms with Crippen LogP contribution in [0.1, 0.15) is 18.4 Å². The molecule has 4 rings (SSSR count). The van der Waals surface area contributed by atoms with E-state index in [-0.39, 0.29) is 18.5 Å². The van der Waals surface area contributed by atoms with Crippen LogP contribution in [0.5, 0.6) is 0 Å². The average Bonchev–Trinajstić information content (AvgIpc) is 3.31. The third kappa shape index (κ3) is 3.48. The summed E-state index contributed by atoms with van der Waals surface area (Å²) in [7, 11) is 0. The van der Waals surface area contributed by atoms with Crippen molar-refractivity contribution in [3.63, 3.8) is 0 Å². The van der Waals surface area contributed by atoms with Crippen molar-refractivity contribution in [2.75, 3.05) is 0 Å². The summed E-state index contributed by atoms with van der Waals surface area (Å²) >= 11 is 0. The van der Waals surface area contributed by atoms with Crippen LogP contribution in [0.4, 0.5) is 0 Å². The minimum absolute atomic E-state index is 0.102. The molecule has 2 aromatic heterocycles. The van der Waals surface area contributed by atoms with E-state index in [9.17, 15) is 9.90 Å². The van der Waals surface area contributed by atoms with Gasteiger partial charge in [-0.2, -0.15) is 5.10 Å². The van der Waals surface area contributed by atoms with Gasteiger partial charge in [-0.25, -0.2) is 4.98 Å². The summed E-state index contributed by atoms with van der Waals surface area (Å²) in [4.78, 5) is 16.8. The van der Waals surface area contributed by atoms with Crippen molar-refractivity contribution in [2.24, 2.45) is 5.92 Å². The van der Waals surface area contributed by atoms with E-state index in [0.717, 1.165) is 29.6 Å². The van der Waals surface area contributed by atoms with E-state index in [1.54, 1.807) is 12.5 Å². The van der Waals surface area contributed by atoms with Gasteiger partial charge in [-0.1, -0.05) is 6.07 Å². The summed E-state index contributed by atoms with van der Waals surface area (Å²) < 4.78 is 3.72. The van der Waals surface area contributed by atoms with Crippen molar-refractivity contribution in [3.05, 3.63) is 48.5 Å². The van der Waals surface area contributed by atoms with Crippen LogP contribution in [0, 0.1) is 12.8 Å². The first kappa shape index (κ1) is 16.8. The molecule has 136 valence electrons. The van der Waals surface area contributed by atoms with Gasteiger partial charge in [0.2, 0.25) is 5.91 Å². The van der Waals surface area contributed by atoms with Gasteiger partial charge >= 0.3 is 0 Å². The number of rotatable bonds is 5. The molecule has 0 bridgehead atoms. The summed E-state index contributed by atoms with van der Waals surface area (Å²) in [5, 5.41) is 17.5. The number of aryl methyl sites for hydroxylation is 1. The number of nitrogens with zero attached hydrogens (tertiary/aromatic N) is 4. The first-order chi connectivity index (χ1) is 12.6. The fourth-order valence-electron chi connectivity index (χ4n) is 3.80. The average molecular weight is 353 g/mol. The number of hydrogen-bond donors (Lipinski definition) is 2. The zero-order valence-corrected chi connectivity index (χ0v) is 14.7. The van der Waals surface area contributed by atoms with Gasteiger partial charge in [0, 0.05) is 18.9 Å². The Balaban J connectivity index is 1.37. The molecule has 26 heavy (non-hydrogen) atoms. The topological polar surface area (TPSA) is 85.0 Å². The molecule has 2 heterocycles. The number of aliphatic hydroxyl groups excluding tert-OH is 1. The number of carbonyl (C=O) groups excluding carboxylic acids is 1. The minimum Gasteiger partial charge on any atom is -0.391 e. The number of carbonyl (C=O) groups is 1. The van der Waals surface area contributed by atoms with Gasteiger partial charge in [-0.05, 0) is 49.4 Å². The van der Waals surface area contributed by atoms with Crippen molar-refractivity contribution in [1.29, 1.82) is 0 Å². The maximum Gasteiger partial charge on any atom is 0.240 e. The zero-order chi connectivity index (χ0) is 18.1. The van der Waals surface area contributed by atoms with Crippen molar-refractivity contribution in [3.8, 4) is 0 Å². The maximum absolute atomic E-state index is 12.5. The second-order valence-electron chi connectivity index (χ2n) is 7.17. The summed E-state index contributed by atoms with van der Waals surface area (Å²) in [5.74, 6) is 0.210. The van der Waals surface area contributed by atoms with Crippen molar-refractivity contribution >= 4 is 16.9 Å².